The van der Waals surface area contributed by atoms with Crippen molar-refractivity contribution in [1.82, 2.24) is 5.32 Å². The van der Waals surface area contributed by atoms with Gasteiger partial charge in [0.05, 0.1) is 6.61 Å². The molecular weight excluding hydrogens is 182 g/mol. The zero-order valence-corrected chi connectivity index (χ0v) is 9.23. The van der Waals surface area contributed by atoms with Crippen LogP contribution in [-0.4, -0.2) is 19.8 Å². The molecule has 0 aliphatic rings. The summed E-state index contributed by atoms with van der Waals surface area (Å²) >= 11 is 1.79. The molecule has 3 heteroatoms. The Balaban J connectivity index is 2.37. The largest absolute Gasteiger partial charge is 0.383 e. The summed E-state index contributed by atoms with van der Waals surface area (Å²) in [6.45, 7) is 5.07. The second-order valence-electron chi connectivity index (χ2n) is 3.26. The molecule has 0 aliphatic carbocycles. The molecule has 0 bridgehead atoms. The van der Waals surface area contributed by atoms with Crippen LogP contribution >= 0.6 is 11.3 Å². The monoisotopic (exact) mass is 199 g/mol. The van der Waals surface area contributed by atoms with Crippen LogP contribution in [0.25, 0.3) is 0 Å². The maximum atomic E-state index is 5.06. The van der Waals surface area contributed by atoms with Crippen LogP contribution in [-0.2, 0) is 4.74 Å². The maximum Gasteiger partial charge on any atom is 0.0613 e. The highest BCUT2D eigenvalue weighted by Gasteiger charge is 2.09. The van der Waals surface area contributed by atoms with Crippen molar-refractivity contribution in [1.29, 1.82) is 0 Å². The fourth-order valence-electron chi connectivity index (χ4n) is 1.34. The summed E-state index contributed by atoms with van der Waals surface area (Å²) in [4.78, 5) is 1.38. The molecule has 0 fully saturated rings. The molecule has 74 valence electrons. The van der Waals surface area contributed by atoms with Crippen molar-refractivity contribution in [2.45, 2.75) is 25.9 Å². The molecule has 0 spiro atoms. The van der Waals surface area contributed by atoms with E-state index in [1.807, 2.05) is 0 Å². The van der Waals surface area contributed by atoms with Crippen molar-refractivity contribution < 1.29 is 4.74 Å². The highest BCUT2D eigenvalue weighted by atomic mass is 32.1. The number of hydrogen-bond donors (Lipinski definition) is 1. The van der Waals surface area contributed by atoms with Gasteiger partial charge in [-0.3, -0.25) is 0 Å². The summed E-state index contributed by atoms with van der Waals surface area (Å²) in [6, 6.07) is 5.06. The van der Waals surface area contributed by atoms with Crippen LogP contribution in [0.4, 0.5) is 0 Å². The average molecular weight is 199 g/mol. The minimum atomic E-state index is 0.405. The number of nitrogens with one attached hydrogen (secondary N) is 1. The van der Waals surface area contributed by atoms with Gasteiger partial charge < -0.3 is 10.1 Å². The van der Waals surface area contributed by atoms with Gasteiger partial charge >= 0.3 is 0 Å². The highest BCUT2D eigenvalue weighted by Crippen LogP contribution is 2.18. The zero-order chi connectivity index (χ0) is 9.68. The van der Waals surface area contributed by atoms with Crippen molar-refractivity contribution in [3.63, 3.8) is 0 Å². The lowest BCUT2D eigenvalue weighted by atomic mass is 10.2. The Morgan fingerprint density at radius 1 is 1.54 bits per heavy atom. The number of thiophene rings is 1. The van der Waals surface area contributed by atoms with Crippen molar-refractivity contribution in [3.8, 4) is 0 Å². The van der Waals surface area contributed by atoms with E-state index in [0.717, 1.165) is 6.61 Å². The third-order valence-electron chi connectivity index (χ3n) is 1.92. The molecule has 2 atom stereocenters. The van der Waals surface area contributed by atoms with E-state index in [2.05, 4.69) is 36.7 Å². The summed E-state index contributed by atoms with van der Waals surface area (Å²) < 4.78 is 5.06. The number of hydrogen-bond acceptors (Lipinski definition) is 3. The third kappa shape index (κ3) is 3.46. The van der Waals surface area contributed by atoms with Crippen LogP contribution in [0.5, 0.6) is 0 Å². The van der Waals surface area contributed by atoms with Gasteiger partial charge in [0.1, 0.15) is 0 Å². The first-order valence-corrected chi connectivity index (χ1v) is 5.40. The lowest BCUT2D eigenvalue weighted by molar-refractivity contribution is 0.168. The molecule has 1 heterocycles. The van der Waals surface area contributed by atoms with Gasteiger partial charge in [0, 0.05) is 24.1 Å². The van der Waals surface area contributed by atoms with Crippen LogP contribution < -0.4 is 5.32 Å². The van der Waals surface area contributed by atoms with Gasteiger partial charge in [-0.2, -0.15) is 0 Å². The fraction of sp³-hybridized carbons (Fsp3) is 0.600. The number of ether oxygens (including phenoxy) is 1. The van der Waals surface area contributed by atoms with Crippen molar-refractivity contribution in [2.24, 2.45) is 0 Å². The molecule has 1 N–H and O–H groups in total. The molecule has 1 aromatic heterocycles. The Kier molecular flexibility index (Phi) is 4.42. The zero-order valence-electron chi connectivity index (χ0n) is 8.41. The second-order valence-corrected chi connectivity index (χ2v) is 4.24. The first-order valence-electron chi connectivity index (χ1n) is 4.52. The normalized spacial score (nSPS) is 15.6. The average Bonchev–Trinajstić information content (AvgIpc) is 2.55. The van der Waals surface area contributed by atoms with E-state index in [4.69, 9.17) is 4.74 Å². The van der Waals surface area contributed by atoms with E-state index in [0.29, 0.717) is 12.1 Å². The number of rotatable bonds is 5. The molecule has 0 radical (unpaired) electrons. The van der Waals surface area contributed by atoms with Gasteiger partial charge in [0.15, 0.2) is 0 Å². The lowest BCUT2D eigenvalue weighted by Crippen LogP contribution is -2.32. The Bertz CT molecular complexity index is 223. The fourth-order valence-corrected chi connectivity index (χ4v) is 2.09. The molecule has 13 heavy (non-hydrogen) atoms. The van der Waals surface area contributed by atoms with Crippen LogP contribution in [0.15, 0.2) is 17.5 Å². The molecule has 0 unspecified atom stereocenters. The number of methoxy groups -OCH3 is 1. The SMILES string of the molecule is COC[C@@H](C)N[C@H](C)c1cccs1. The Morgan fingerprint density at radius 3 is 2.85 bits per heavy atom. The smallest absolute Gasteiger partial charge is 0.0613 e. The van der Waals surface area contributed by atoms with Gasteiger partial charge in [-0.05, 0) is 25.3 Å². The van der Waals surface area contributed by atoms with E-state index in [9.17, 15) is 0 Å². The molecule has 0 aliphatic heterocycles. The Morgan fingerprint density at radius 2 is 2.31 bits per heavy atom. The summed E-state index contributed by atoms with van der Waals surface area (Å²) in [5, 5.41) is 5.57. The molecule has 1 rings (SSSR count). The molecule has 2 nitrogen and oxygen atoms in total. The Hall–Kier alpha value is -0.380. The van der Waals surface area contributed by atoms with Gasteiger partial charge in [-0.25, -0.2) is 0 Å². The molecule has 1 aromatic rings. The standard InChI is InChI=1S/C10H17NOS/c1-8(7-12-3)11-9(2)10-5-4-6-13-10/h4-6,8-9,11H,7H2,1-3H3/t8-,9-/m1/s1. The second kappa shape index (κ2) is 5.37. The summed E-state index contributed by atoms with van der Waals surface area (Å²) in [5.41, 5.74) is 0. The molecular formula is C10H17NOS. The predicted molar refractivity (Wildman–Crippen MR) is 57.2 cm³/mol. The van der Waals surface area contributed by atoms with E-state index < -0.39 is 0 Å². The third-order valence-corrected chi connectivity index (χ3v) is 2.98. The minimum absolute atomic E-state index is 0.405. The van der Waals surface area contributed by atoms with E-state index in [-0.39, 0.29) is 0 Å². The first kappa shape index (κ1) is 10.7. The van der Waals surface area contributed by atoms with E-state index in [1.165, 1.54) is 4.88 Å². The molecule has 0 aromatic carbocycles. The minimum Gasteiger partial charge on any atom is -0.383 e. The van der Waals surface area contributed by atoms with Gasteiger partial charge in [-0.15, -0.1) is 11.3 Å². The summed E-state index contributed by atoms with van der Waals surface area (Å²) in [7, 11) is 1.73. The van der Waals surface area contributed by atoms with Crippen molar-refractivity contribution in [3.05, 3.63) is 22.4 Å². The molecule has 0 saturated carbocycles. The van der Waals surface area contributed by atoms with Crippen LogP contribution in [0, 0.1) is 0 Å². The van der Waals surface area contributed by atoms with Crippen molar-refractivity contribution in [2.75, 3.05) is 13.7 Å². The van der Waals surface area contributed by atoms with Crippen LogP contribution in [0.3, 0.4) is 0 Å². The van der Waals surface area contributed by atoms with Gasteiger partial charge in [0.25, 0.3) is 0 Å². The summed E-state index contributed by atoms with van der Waals surface area (Å²) in [6.07, 6.45) is 0. The maximum absolute atomic E-state index is 5.06. The quantitative estimate of drug-likeness (QED) is 0.786. The van der Waals surface area contributed by atoms with Gasteiger partial charge in [0.2, 0.25) is 0 Å². The lowest BCUT2D eigenvalue weighted by Gasteiger charge is -2.18. The topological polar surface area (TPSA) is 21.3 Å². The van der Waals surface area contributed by atoms with Crippen LogP contribution in [0.1, 0.15) is 24.8 Å². The predicted octanol–water partition coefficient (Wildman–Crippen LogP) is 2.43. The Labute approximate surface area is 83.9 Å². The van der Waals surface area contributed by atoms with Gasteiger partial charge in [-0.1, -0.05) is 6.07 Å². The van der Waals surface area contributed by atoms with E-state index >= 15 is 0 Å². The van der Waals surface area contributed by atoms with E-state index in [1.54, 1.807) is 18.4 Å². The summed E-state index contributed by atoms with van der Waals surface area (Å²) in [5.74, 6) is 0. The van der Waals surface area contributed by atoms with Crippen LogP contribution in [0.2, 0.25) is 0 Å². The molecule has 0 saturated heterocycles. The molecule has 0 amide bonds. The van der Waals surface area contributed by atoms with Crippen molar-refractivity contribution >= 4 is 11.3 Å². The first-order chi connectivity index (χ1) is 6.24. The highest BCUT2D eigenvalue weighted by molar-refractivity contribution is 7.10.